The number of aryl methyl sites for hydroxylation is 2. The number of amides is 1. The van der Waals surface area contributed by atoms with Crippen molar-refractivity contribution in [2.75, 3.05) is 5.32 Å². The summed E-state index contributed by atoms with van der Waals surface area (Å²) < 4.78 is 1.16. The number of hydrogen-bond acceptors (Lipinski definition) is 2. The molecule has 0 radical (unpaired) electrons. The van der Waals surface area contributed by atoms with Gasteiger partial charge < -0.3 is 5.32 Å². The maximum Gasteiger partial charge on any atom is 0.256 e. The summed E-state index contributed by atoms with van der Waals surface area (Å²) in [6.07, 6.45) is 0. The summed E-state index contributed by atoms with van der Waals surface area (Å²) in [4.78, 5) is 14.2. The van der Waals surface area contributed by atoms with E-state index < -0.39 is 0 Å². The van der Waals surface area contributed by atoms with Gasteiger partial charge in [-0.2, -0.15) is 0 Å². The van der Waals surface area contributed by atoms with Crippen LogP contribution >= 0.6 is 33.9 Å². The third kappa shape index (κ3) is 3.07. The van der Waals surface area contributed by atoms with E-state index in [1.807, 2.05) is 44.2 Å². The molecule has 0 aliphatic carbocycles. The van der Waals surface area contributed by atoms with Crippen LogP contribution in [0, 0.1) is 17.4 Å². The molecule has 0 aliphatic heterocycles. The fourth-order valence-corrected chi connectivity index (χ4v) is 2.87. The van der Waals surface area contributed by atoms with Crippen molar-refractivity contribution < 1.29 is 4.79 Å². The van der Waals surface area contributed by atoms with Crippen molar-refractivity contribution in [3.05, 3.63) is 49.2 Å². The Balaban J connectivity index is 2.17. The molecule has 1 amide bonds. The summed E-state index contributed by atoms with van der Waals surface area (Å²) >= 11 is 3.89. The van der Waals surface area contributed by atoms with E-state index in [1.165, 1.54) is 0 Å². The van der Waals surface area contributed by atoms with E-state index in [9.17, 15) is 4.79 Å². The monoisotopic (exact) mass is 357 g/mol. The van der Waals surface area contributed by atoms with Gasteiger partial charge in [-0.25, -0.2) is 0 Å². The first-order valence-electron chi connectivity index (χ1n) is 5.20. The number of rotatable bonds is 2. The molecular formula is C13H12INOS. The average molecular weight is 357 g/mol. The zero-order valence-electron chi connectivity index (χ0n) is 9.58. The summed E-state index contributed by atoms with van der Waals surface area (Å²) in [5.41, 5.74) is 1.60. The van der Waals surface area contributed by atoms with Gasteiger partial charge in [0.1, 0.15) is 0 Å². The number of carbonyl (C=O) groups excluding carboxylic acids is 1. The van der Waals surface area contributed by atoms with Crippen molar-refractivity contribution >= 4 is 45.5 Å². The van der Waals surface area contributed by atoms with Crippen LogP contribution in [-0.2, 0) is 0 Å². The fourth-order valence-electron chi connectivity index (χ4n) is 1.59. The first-order chi connectivity index (χ1) is 8.06. The lowest BCUT2D eigenvalue weighted by Crippen LogP contribution is -2.11. The van der Waals surface area contributed by atoms with Crippen LogP contribution in [0.3, 0.4) is 0 Å². The molecule has 1 heterocycles. The lowest BCUT2D eigenvalue weighted by atomic mass is 10.2. The first-order valence-corrected chi connectivity index (χ1v) is 7.10. The van der Waals surface area contributed by atoms with Crippen LogP contribution in [0.1, 0.15) is 20.1 Å². The Labute approximate surface area is 118 Å². The molecule has 0 atom stereocenters. The molecule has 0 saturated carbocycles. The summed E-state index contributed by atoms with van der Waals surface area (Å²) in [6.45, 7) is 3.99. The van der Waals surface area contributed by atoms with Crippen LogP contribution in [0.15, 0.2) is 30.3 Å². The topological polar surface area (TPSA) is 29.1 Å². The maximum absolute atomic E-state index is 12.0. The number of nitrogens with one attached hydrogen (secondary N) is 1. The van der Waals surface area contributed by atoms with Gasteiger partial charge in [0, 0.05) is 19.0 Å². The van der Waals surface area contributed by atoms with Crippen LogP contribution in [-0.4, -0.2) is 5.91 Å². The van der Waals surface area contributed by atoms with Gasteiger partial charge in [-0.15, -0.1) is 11.3 Å². The smallest absolute Gasteiger partial charge is 0.256 e. The highest BCUT2D eigenvalue weighted by molar-refractivity contribution is 14.1. The summed E-state index contributed by atoms with van der Waals surface area (Å²) in [6, 6.07) is 9.70. The molecule has 17 heavy (non-hydrogen) atoms. The van der Waals surface area contributed by atoms with Crippen LogP contribution in [0.2, 0.25) is 0 Å². The van der Waals surface area contributed by atoms with Crippen LogP contribution in [0.25, 0.3) is 0 Å². The number of benzene rings is 1. The highest BCUT2D eigenvalue weighted by Crippen LogP contribution is 2.22. The van der Waals surface area contributed by atoms with E-state index in [0.717, 1.165) is 24.6 Å². The van der Waals surface area contributed by atoms with E-state index in [2.05, 4.69) is 27.9 Å². The van der Waals surface area contributed by atoms with Crippen molar-refractivity contribution in [3.8, 4) is 0 Å². The van der Waals surface area contributed by atoms with Crippen LogP contribution < -0.4 is 5.32 Å². The third-order valence-corrected chi connectivity index (χ3v) is 4.07. The molecule has 0 bridgehead atoms. The Morgan fingerprint density at radius 3 is 2.41 bits per heavy atom. The van der Waals surface area contributed by atoms with E-state index in [0.29, 0.717) is 0 Å². The Morgan fingerprint density at radius 1 is 1.24 bits per heavy atom. The van der Waals surface area contributed by atoms with E-state index in [-0.39, 0.29) is 5.91 Å². The second-order valence-corrected chi connectivity index (χ2v) is 6.49. The molecule has 2 rings (SSSR count). The standard InChI is InChI=1S/C13H12INOS/c1-8-7-12(9(2)17-8)13(16)15-11-5-3-10(14)4-6-11/h3-7H,1-2H3,(H,15,16). The second kappa shape index (κ2) is 5.18. The Morgan fingerprint density at radius 2 is 1.88 bits per heavy atom. The first kappa shape index (κ1) is 12.6. The van der Waals surface area contributed by atoms with Crippen molar-refractivity contribution in [1.29, 1.82) is 0 Å². The minimum atomic E-state index is -0.0342. The van der Waals surface area contributed by atoms with Gasteiger partial charge in [0.2, 0.25) is 0 Å². The Hall–Kier alpha value is -0.880. The molecular weight excluding hydrogens is 345 g/mol. The van der Waals surface area contributed by atoms with Crippen molar-refractivity contribution in [2.45, 2.75) is 13.8 Å². The van der Waals surface area contributed by atoms with Gasteiger partial charge in [-0.1, -0.05) is 0 Å². The highest BCUT2D eigenvalue weighted by atomic mass is 127. The van der Waals surface area contributed by atoms with Gasteiger partial charge >= 0.3 is 0 Å². The molecule has 2 aromatic rings. The summed E-state index contributed by atoms with van der Waals surface area (Å²) in [7, 11) is 0. The van der Waals surface area contributed by atoms with Gasteiger partial charge in [-0.3, -0.25) is 4.79 Å². The predicted octanol–water partition coefficient (Wildman–Crippen LogP) is 4.22. The number of carbonyl (C=O) groups is 1. The SMILES string of the molecule is Cc1cc(C(=O)Nc2ccc(I)cc2)c(C)s1. The van der Waals surface area contributed by atoms with Gasteiger partial charge in [-0.05, 0) is 66.8 Å². The molecule has 1 aromatic heterocycles. The van der Waals surface area contributed by atoms with Gasteiger partial charge in [0.15, 0.2) is 0 Å². The van der Waals surface area contributed by atoms with Gasteiger partial charge in [0.05, 0.1) is 5.56 Å². The minimum absolute atomic E-state index is 0.0342. The average Bonchev–Trinajstić information content (AvgIpc) is 2.61. The fraction of sp³-hybridized carbons (Fsp3) is 0.154. The third-order valence-electron chi connectivity index (χ3n) is 2.39. The van der Waals surface area contributed by atoms with Crippen molar-refractivity contribution in [3.63, 3.8) is 0 Å². The Kier molecular flexibility index (Phi) is 3.83. The van der Waals surface area contributed by atoms with Gasteiger partial charge in [0.25, 0.3) is 5.91 Å². The molecule has 0 spiro atoms. The lowest BCUT2D eigenvalue weighted by molar-refractivity contribution is 0.102. The number of hydrogen-bond donors (Lipinski definition) is 1. The summed E-state index contributed by atoms with van der Waals surface area (Å²) in [5.74, 6) is -0.0342. The number of anilines is 1. The summed E-state index contributed by atoms with van der Waals surface area (Å²) in [5, 5.41) is 2.90. The maximum atomic E-state index is 12.0. The zero-order valence-corrected chi connectivity index (χ0v) is 12.6. The largest absolute Gasteiger partial charge is 0.322 e. The number of halogens is 1. The molecule has 0 saturated heterocycles. The molecule has 1 aromatic carbocycles. The van der Waals surface area contributed by atoms with E-state index in [4.69, 9.17) is 0 Å². The lowest BCUT2D eigenvalue weighted by Gasteiger charge is -2.04. The molecule has 4 heteroatoms. The molecule has 0 fully saturated rings. The highest BCUT2D eigenvalue weighted by Gasteiger charge is 2.11. The number of thiophene rings is 1. The van der Waals surface area contributed by atoms with E-state index >= 15 is 0 Å². The van der Waals surface area contributed by atoms with Crippen molar-refractivity contribution in [2.24, 2.45) is 0 Å². The molecule has 2 nitrogen and oxygen atoms in total. The van der Waals surface area contributed by atoms with Crippen LogP contribution in [0.4, 0.5) is 5.69 Å². The second-order valence-electron chi connectivity index (χ2n) is 3.79. The quantitative estimate of drug-likeness (QED) is 0.801. The van der Waals surface area contributed by atoms with E-state index in [1.54, 1.807) is 11.3 Å². The van der Waals surface area contributed by atoms with Crippen LogP contribution in [0.5, 0.6) is 0 Å². The Bertz CT molecular complexity index is 545. The molecule has 0 aliphatic rings. The minimum Gasteiger partial charge on any atom is -0.322 e. The normalized spacial score (nSPS) is 10.3. The molecule has 1 N–H and O–H groups in total. The molecule has 88 valence electrons. The van der Waals surface area contributed by atoms with Crippen molar-refractivity contribution in [1.82, 2.24) is 0 Å². The zero-order chi connectivity index (χ0) is 12.4. The molecule has 0 unspecified atom stereocenters. The predicted molar refractivity (Wildman–Crippen MR) is 80.9 cm³/mol.